The highest BCUT2D eigenvalue weighted by molar-refractivity contribution is 5.96. The maximum atomic E-state index is 11.8. The maximum absolute atomic E-state index is 11.8. The van der Waals surface area contributed by atoms with Crippen LogP contribution in [-0.4, -0.2) is 42.1 Å². The van der Waals surface area contributed by atoms with Crippen molar-refractivity contribution in [1.82, 2.24) is 9.97 Å². The van der Waals surface area contributed by atoms with Gasteiger partial charge in [-0.15, -0.1) is 0 Å². The number of hydrogen-bond donors (Lipinski definition) is 1. The predicted octanol–water partition coefficient (Wildman–Crippen LogP) is 1.98. The van der Waals surface area contributed by atoms with Crippen LogP contribution in [0.25, 0.3) is 0 Å². The number of hydrogen-bond acceptors (Lipinski definition) is 8. The fourth-order valence-electron chi connectivity index (χ4n) is 1.96. The molecule has 0 radical (unpaired) electrons. The fourth-order valence-corrected chi connectivity index (χ4v) is 1.96. The lowest BCUT2D eigenvalue weighted by Gasteiger charge is -2.14. The van der Waals surface area contributed by atoms with Crippen molar-refractivity contribution in [2.45, 2.75) is 0 Å². The largest absolute Gasteiger partial charge is 0.465 e. The summed E-state index contributed by atoms with van der Waals surface area (Å²) in [5.41, 5.74) is 0.317. The Morgan fingerprint density at radius 2 is 2.00 bits per heavy atom. The molecule has 0 amide bonds. The molecule has 9 nitrogen and oxygen atoms in total. The molecular formula is C14H15N5O4. The van der Waals surface area contributed by atoms with Gasteiger partial charge in [0.25, 0.3) is 0 Å². The molecule has 1 aromatic heterocycles. The third-order valence-corrected chi connectivity index (χ3v) is 2.99. The molecule has 9 heteroatoms. The fraction of sp³-hybridized carbons (Fsp3) is 0.214. The molecule has 0 aliphatic heterocycles. The second kappa shape index (κ2) is 6.69. The van der Waals surface area contributed by atoms with Gasteiger partial charge in [0.1, 0.15) is 6.33 Å². The SMILES string of the molecule is COC(=O)c1ccccc1Nc1ncnc(N(C)C)c1[N+](=O)[O-]. The number of nitrogens with zero attached hydrogens (tertiary/aromatic N) is 4. The highest BCUT2D eigenvalue weighted by atomic mass is 16.6. The zero-order valence-corrected chi connectivity index (χ0v) is 12.8. The minimum absolute atomic E-state index is 0.00921. The second-order valence-electron chi connectivity index (χ2n) is 4.71. The van der Waals surface area contributed by atoms with E-state index in [1.165, 1.54) is 18.3 Å². The van der Waals surface area contributed by atoms with Gasteiger partial charge in [-0.2, -0.15) is 0 Å². The van der Waals surface area contributed by atoms with E-state index < -0.39 is 10.9 Å². The van der Waals surface area contributed by atoms with Gasteiger partial charge in [0.05, 0.1) is 23.3 Å². The van der Waals surface area contributed by atoms with E-state index in [0.29, 0.717) is 5.69 Å². The molecule has 0 bridgehead atoms. The Balaban J connectivity index is 2.52. The molecule has 2 rings (SSSR count). The summed E-state index contributed by atoms with van der Waals surface area (Å²) in [6.07, 6.45) is 1.21. The molecule has 0 fully saturated rings. The Morgan fingerprint density at radius 3 is 2.61 bits per heavy atom. The third kappa shape index (κ3) is 3.34. The molecule has 0 unspecified atom stereocenters. The zero-order valence-electron chi connectivity index (χ0n) is 12.8. The summed E-state index contributed by atoms with van der Waals surface area (Å²) in [4.78, 5) is 31.9. The standard InChI is InChI=1S/C14H15N5O4/c1-18(2)13-11(19(21)22)12(15-8-16-13)17-10-7-5-4-6-9(10)14(20)23-3/h4-8H,1-3H3,(H,15,16,17). The Morgan fingerprint density at radius 1 is 1.30 bits per heavy atom. The molecule has 0 saturated carbocycles. The van der Waals surface area contributed by atoms with Crippen molar-refractivity contribution >= 4 is 29.0 Å². The first-order valence-corrected chi connectivity index (χ1v) is 6.56. The Kier molecular flexibility index (Phi) is 4.69. The smallest absolute Gasteiger partial charge is 0.353 e. The van der Waals surface area contributed by atoms with Crippen molar-refractivity contribution in [2.24, 2.45) is 0 Å². The average Bonchev–Trinajstić information content (AvgIpc) is 2.54. The number of methoxy groups -OCH3 is 1. The lowest BCUT2D eigenvalue weighted by atomic mass is 10.2. The van der Waals surface area contributed by atoms with E-state index in [-0.39, 0.29) is 22.9 Å². The second-order valence-corrected chi connectivity index (χ2v) is 4.71. The molecule has 0 spiro atoms. The third-order valence-electron chi connectivity index (χ3n) is 2.99. The number of anilines is 3. The molecule has 0 atom stereocenters. The minimum atomic E-state index is -0.571. The van der Waals surface area contributed by atoms with Gasteiger partial charge in [-0.3, -0.25) is 10.1 Å². The number of carbonyl (C=O) groups is 1. The van der Waals surface area contributed by atoms with Gasteiger partial charge >= 0.3 is 11.7 Å². The van der Waals surface area contributed by atoms with Crippen molar-refractivity contribution in [3.63, 3.8) is 0 Å². The number of aromatic nitrogens is 2. The molecule has 120 valence electrons. The normalized spacial score (nSPS) is 10.0. The Bertz CT molecular complexity index is 748. The summed E-state index contributed by atoms with van der Waals surface area (Å²) >= 11 is 0. The topological polar surface area (TPSA) is 110 Å². The van der Waals surface area contributed by atoms with Crippen molar-refractivity contribution < 1.29 is 14.5 Å². The van der Waals surface area contributed by atoms with E-state index in [1.54, 1.807) is 38.4 Å². The molecule has 0 saturated heterocycles. The van der Waals surface area contributed by atoms with Gasteiger partial charge in [-0.25, -0.2) is 14.8 Å². The summed E-state index contributed by atoms with van der Waals surface area (Å²) in [5, 5.41) is 14.2. The van der Waals surface area contributed by atoms with Gasteiger partial charge in [-0.05, 0) is 12.1 Å². The number of benzene rings is 1. The summed E-state index contributed by atoms with van der Waals surface area (Å²) in [6, 6.07) is 6.51. The maximum Gasteiger partial charge on any atom is 0.353 e. The molecule has 0 aliphatic rings. The van der Waals surface area contributed by atoms with Crippen molar-refractivity contribution in [2.75, 3.05) is 31.4 Å². The monoisotopic (exact) mass is 317 g/mol. The first kappa shape index (κ1) is 16.1. The van der Waals surface area contributed by atoms with Crippen LogP contribution in [0.1, 0.15) is 10.4 Å². The van der Waals surface area contributed by atoms with E-state index in [4.69, 9.17) is 4.74 Å². The number of esters is 1. The van der Waals surface area contributed by atoms with E-state index in [0.717, 1.165) is 0 Å². The summed E-state index contributed by atoms with van der Waals surface area (Å²) in [5.74, 6) is -0.411. The van der Waals surface area contributed by atoms with Crippen LogP contribution in [-0.2, 0) is 4.74 Å². The molecule has 1 N–H and O–H groups in total. The average molecular weight is 317 g/mol. The minimum Gasteiger partial charge on any atom is -0.465 e. The van der Waals surface area contributed by atoms with Gasteiger partial charge in [0, 0.05) is 14.1 Å². The van der Waals surface area contributed by atoms with Gasteiger partial charge in [0.2, 0.25) is 11.6 Å². The summed E-state index contributed by atoms with van der Waals surface area (Å²) < 4.78 is 4.70. The highest BCUT2D eigenvalue weighted by Gasteiger charge is 2.25. The number of ether oxygens (including phenoxy) is 1. The van der Waals surface area contributed by atoms with Crippen LogP contribution in [0.5, 0.6) is 0 Å². The number of rotatable bonds is 5. The van der Waals surface area contributed by atoms with E-state index in [9.17, 15) is 14.9 Å². The van der Waals surface area contributed by atoms with Crippen molar-refractivity contribution in [3.05, 3.63) is 46.3 Å². The van der Waals surface area contributed by atoms with Crippen LogP contribution in [0, 0.1) is 10.1 Å². The number of carbonyl (C=O) groups excluding carboxylic acids is 1. The lowest BCUT2D eigenvalue weighted by Crippen LogP contribution is -2.15. The molecule has 23 heavy (non-hydrogen) atoms. The lowest BCUT2D eigenvalue weighted by molar-refractivity contribution is -0.383. The molecule has 0 aliphatic carbocycles. The van der Waals surface area contributed by atoms with Gasteiger partial charge < -0.3 is 15.0 Å². The summed E-state index contributed by atoms with van der Waals surface area (Å²) in [7, 11) is 4.54. The number of nitro groups is 1. The van der Waals surface area contributed by atoms with Crippen LogP contribution < -0.4 is 10.2 Å². The van der Waals surface area contributed by atoms with Gasteiger partial charge in [0.15, 0.2) is 0 Å². The van der Waals surface area contributed by atoms with E-state index in [1.807, 2.05) is 0 Å². The van der Waals surface area contributed by atoms with Crippen LogP contribution in [0.3, 0.4) is 0 Å². The zero-order chi connectivity index (χ0) is 17.0. The first-order valence-electron chi connectivity index (χ1n) is 6.56. The quantitative estimate of drug-likeness (QED) is 0.506. The highest BCUT2D eigenvalue weighted by Crippen LogP contribution is 2.33. The first-order chi connectivity index (χ1) is 11.0. The number of para-hydroxylation sites is 1. The summed E-state index contributed by atoms with van der Waals surface area (Å²) in [6.45, 7) is 0. The van der Waals surface area contributed by atoms with Gasteiger partial charge in [-0.1, -0.05) is 12.1 Å². The Hall–Kier alpha value is -3.23. The molecule has 1 aromatic carbocycles. The van der Waals surface area contributed by atoms with Crippen molar-refractivity contribution in [1.29, 1.82) is 0 Å². The molecule has 1 heterocycles. The van der Waals surface area contributed by atoms with Crippen molar-refractivity contribution in [3.8, 4) is 0 Å². The Labute approximate surface area is 132 Å². The van der Waals surface area contributed by atoms with Crippen LogP contribution in [0.2, 0.25) is 0 Å². The van der Waals surface area contributed by atoms with Crippen LogP contribution in [0.4, 0.5) is 23.0 Å². The van der Waals surface area contributed by atoms with Crippen LogP contribution in [0.15, 0.2) is 30.6 Å². The van der Waals surface area contributed by atoms with Crippen LogP contribution >= 0.6 is 0 Å². The number of nitrogens with one attached hydrogen (secondary N) is 1. The molecular weight excluding hydrogens is 302 g/mol. The van der Waals surface area contributed by atoms with E-state index >= 15 is 0 Å². The van der Waals surface area contributed by atoms with E-state index in [2.05, 4.69) is 15.3 Å². The molecule has 2 aromatic rings. The predicted molar refractivity (Wildman–Crippen MR) is 84.1 cm³/mol.